The minimum atomic E-state index is -0.693. The van der Waals surface area contributed by atoms with Crippen LogP contribution in [-0.2, 0) is 4.79 Å². The zero-order chi connectivity index (χ0) is 20.7. The van der Waals surface area contributed by atoms with Crippen molar-refractivity contribution in [2.75, 3.05) is 37.1 Å². The fourth-order valence-electron chi connectivity index (χ4n) is 3.43. The van der Waals surface area contributed by atoms with Crippen LogP contribution in [0.5, 0.6) is 11.5 Å². The third-order valence-electron chi connectivity index (χ3n) is 5.17. The molecular weight excluding hydrogens is 387 g/mol. The fraction of sp³-hybridized carbons (Fsp3) is 0.350. The van der Waals surface area contributed by atoms with Gasteiger partial charge in [0.05, 0.1) is 11.4 Å². The first-order chi connectivity index (χ1) is 13.8. The quantitative estimate of drug-likeness (QED) is 0.825. The van der Waals surface area contributed by atoms with Gasteiger partial charge in [0.25, 0.3) is 5.91 Å². The molecule has 0 aliphatic carbocycles. The number of halogens is 3. The molecule has 2 heterocycles. The van der Waals surface area contributed by atoms with E-state index in [1.54, 1.807) is 12.1 Å². The van der Waals surface area contributed by atoms with Crippen LogP contribution in [-0.4, -0.2) is 43.8 Å². The Bertz CT molecular complexity index is 930. The molecule has 2 aliphatic heterocycles. The molecule has 4 rings (SSSR count). The van der Waals surface area contributed by atoms with Crippen LogP contribution in [0.4, 0.5) is 24.5 Å². The average molecular weight is 407 g/mol. The zero-order valence-corrected chi connectivity index (χ0v) is 15.9. The lowest BCUT2D eigenvalue weighted by atomic mass is 9.96. The van der Waals surface area contributed by atoms with E-state index in [1.807, 2.05) is 11.9 Å². The number of nitrogens with one attached hydrogen (secondary N) is 1. The van der Waals surface area contributed by atoms with Gasteiger partial charge in [0.15, 0.2) is 12.4 Å². The van der Waals surface area contributed by atoms with Crippen LogP contribution in [0.1, 0.15) is 6.92 Å². The zero-order valence-electron chi connectivity index (χ0n) is 15.9. The maximum Gasteiger partial charge on any atom is 0.262 e. The monoisotopic (exact) mass is 407 g/mol. The predicted octanol–water partition coefficient (Wildman–Crippen LogP) is 3.19. The first-order valence-corrected chi connectivity index (χ1v) is 9.17. The molecule has 1 N–H and O–H groups in total. The number of benzene rings is 2. The fourth-order valence-corrected chi connectivity index (χ4v) is 3.43. The van der Waals surface area contributed by atoms with Crippen LogP contribution >= 0.6 is 0 Å². The second-order valence-electron chi connectivity index (χ2n) is 7.22. The Balaban J connectivity index is 1.39. The summed E-state index contributed by atoms with van der Waals surface area (Å²) in [5.41, 5.74) is 0.722. The molecule has 1 saturated heterocycles. The standard InChI is InChI=1S/C20H20F3N3O3/c1-11(29-15-4-13(21)3-14(22)5-15)12-8-26(9-12)25(2)18-7-17-19(6-16(18)23)28-10-20(27)24-17/h3-7,11-12H,8-10H2,1-2H3,(H,24,27). The maximum atomic E-state index is 14.5. The van der Waals surface area contributed by atoms with Crippen LogP contribution < -0.4 is 19.8 Å². The maximum absolute atomic E-state index is 14.5. The Morgan fingerprint density at radius 2 is 1.86 bits per heavy atom. The van der Waals surface area contributed by atoms with Crippen molar-refractivity contribution in [1.29, 1.82) is 0 Å². The third-order valence-corrected chi connectivity index (χ3v) is 5.17. The number of carbonyl (C=O) groups excluding carboxylic acids is 1. The molecule has 1 amide bonds. The normalized spacial score (nSPS) is 17.6. The highest BCUT2D eigenvalue weighted by molar-refractivity contribution is 5.96. The topological polar surface area (TPSA) is 54.0 Å². The highest BCUT2D eigenvalue weighted by atomic mass is 19.1. The molecule has 2 aromatic carbocycles. The molecule has 0 radical (unpaired) electrons. The van der Waals surface area contributed by atoms with Crippen molar-refractivity contribution in [3.63, 3.8) is 0 Å². The summed E-state index contributed by atoms with van der Waals surface area (Å²) in [6, 6.07) is 5.85. The summed E-state index contributed by atoms with van der Waals surface area (Å²) in [6.07, 6.45) is -0.276. The van der Waals surface area contributed by atoms with Crippen LogP contribution in [0.3, 0.4) is 0 Å². The van der Waals surface area contributed by atoms with Gasteiger partial charge in [0.1, 0.15) is 29.2 Å². The van der Waals surface area contributed by atoms with E-state index in [2.05, 4.69) is 5.32 Å². The van der Waals surface area contributed by atoms with E-state index in [4.69, 9.17) is 9.47 Å². The molecule has 29 heavy (non-hydrogen) atoms. The number of fused-ring (bicyclic) bond motifs is 1. The summed E-state index contributed by atoms with van der Waals surface area (Å²) in [4.78, 5) is 11.5. The summed E-state index contributed by atoms with van der Waals surface area (Å²) in [5, 5.41) is 6.24. The Morgan fingerprint density at radius 3 is 2.55 bits per heavy atom. The van der Waals surface area contributed by atoms with Crippen molar-refractivity contribution in [1.82, 2.24) is 5.01 Å². The molecule has 9 heteroatoms. The number of hydrogen-bond donors (Lipinski definition) is 1. The van der Waals surface area contributed by atoms with Gasteiger partial charge in [-0.2, -0.15) is 0 Å². The Hall–Kier alpha value is -2.94. The van der Waals surface area contributed by atoms with Crippen LogP contribution in [0.2, 0.25) is 0 Å². The minimum absolute atomic E-state index is 0.104. The van der Waals surface area contributed by atoms with E-state index in [0.29, 0.717) is 30.2 Å². The highest BCUT2D eigenvalue weighted by Crippen LogP contribution is 2.36. The van der Waals surface area contributed by atoms with Crippen molar-refractivity contribution in [3.8, 4) is 11.5 Å². The van der Waals surface area contributed by atoms with Gasteiger partial charge in [0.2, 0.25) is 0 Å². The second kappa shape index (κ2) is 7.47. The molecule has 0 spiro atoms. The van der Waals surface area contributed by atoms with E-state index < -0.39 is 17.5 Å². The summed E-state index contributed by atoms with van der Waals surface area (Å²) in [6.45, 7) is 2.85. The van der Waals surface area contributed by atoms with Crippen molar-refractivity contribution in [2.45, 2.75) is 13.0 Å². The molecule has 6 nitrogen and oxygen atoms in total. The molecule has 154 valence electrons. The first-order valence-electron chi connectivity index (χ1n) is 9.17. The van der Waals surface area contributed by atoms with Crippen molar-refractivity contribution < 1.29 is 27.4 Å². The number of hydrogen-bond acceptors (Lipinski definition) is 5. The molecule has 1 unspecified atom stereocenters. The molecule has 1 atom stereocenters. The van der Waals surface area contributed by atoms with Crippen molar-refractivity contribution in [2.24, 2.45) is 5.92 Å². The molecule has 2 aliphatic rings. The number of anilines is 2. The van der Waals surface area contributed by atoms with E-state index in [1.165, 1.54) is 12.1 Å². The lowest BCUT2D eigenvalue weighted by molar-refractivity contribution is -0.118. The second-order valence-corrected chi connectivity index (χ2v) is 7.22. The Morgan fingerprint density at radius 1 is 1.17 bits per heavy atom. The van der Waals surface area contributed by atoms with Crippen LogP contribution in [0.15, 0.2) is 30.3 Å². The predicted molar refractivity (Wildman–Crippen MR) is 100 cm³/mol. The van der Waals surface area contributed by atoms with Crippen molar-refractivity contribution in [3.05, 3.63) is 47.8 Å². The van der Waals surface area contributed by atoms with Crippen LogP contribution in [0, 0.1) is 23.4 Å². The number of ether oxygens (including phenoxy) is 2. The molecule has 2 aromatic rings. The van der Waals surface area contributed by atoms with Gasteiger partial charge in [-0.1, -0.05) is 0 Å². The summed E-state index contributed by atoms with van der Waals surface area (Å²) in [7, 11) is 1.72. The van der Waals surface area contributed by atoms with Gasteiger partial charge in [-0.05, 0) is 13.0 Å². The lowest BCUT2D eigenvalue weighted by Crippen LogP contribution is -2.59. The third kappa shape index (κ3) is 3.95. The molecule has 1 fully saturated rings. The molecule has 0 bridgehead atoms. The van der Waals surface area contributed by atoms with Gasteiger partial charge < -0.3 is 19.8 Å². The van der Waals surface area contributed by atoms with Gasteiger partial charge in [-0.3, -0.25) is 4.79 Å². The van der Waals surface area contributed by atoms with Gasteiger partial charge in [-0.15, -0.1) is 0 Å². The number of nitrogens with zero attached hydrogens (tertiary/aromatic N) is 2. The highest BCUT2D eigenvalue weighted by Gasteiger charge is 2.36. The van der Waals surface area contributed by atoms with E-state index in [0.717, 1.165) is 18.2 Å². The lowest BCUT2D eigenvalue weighted by Gasteiger charge is -2.47. The summed E-state index contributed by atoms with van der Waals surface area (Å²) < 4.78 is 52.0. The smallest absolute Gasteiger partial charge is 0.262 e. The molecular formula is C20H20F3N3O3. The Kier molecular flexibility index (Phi) is 4.99. The van der Waals surface area contributed by atoms with Gasteiger partial charge in [-0.25, -0.2) is 18.2 Å². The van der Waals surface area contributed by atoms with E-state index >= 15 is 0 Å². The Labute approximate surface area is 165 Å². The van der Waals surface area contributed by atoms with Gasteiger partial charge in [0, 0.05) is 50.3 Å². The summed E-state index contributed by atoms with van der Waals surface area (Å²) >= 11 is 0. The summed E-state index contributed by atoms with van der Waals surface area (Å²) in [5.74, 6) is -1.61. The molecule has 0 aromatic heterocycles. The first kappa shape index (κ1) is 19.4. The SMILES string of the molecule is CC(Oc1cc(F)cc(F)c1)C1CN(N(C)c2cc3c(cc2F)OCC(=O)N3)C1. The number of rotatable bonds is 5. The number of carbonyl (C=O) groups is 1. The number of hydrazine groups is 1. The van der Waals surface area contributed by atoms with E-state index in [9.17, 15) is 18.0 Å². The average Bonchev–Trinajstić information content (AvgIpc) is 2.59. The van der Waals surface area contributed by atoms with Crippen LogP contribution in [0.25, 0.3) is 0 Å². The van der Waals surface area contributed by atoms with Gasteiger partial charge >= 0.3 is 0 Å². The number of amides is 1. The largest absolute Gasteiger partial charge is 0.490 e. The molecule has 0 saturated carbocycles. The minimum Gasteiger partial charge on any atom is -0.490 e. The van der Waals surface area contributed by atoms with E-state index in [-0.39, 0.29) is 30.3 Å². The van der Waals surface area contributed by atoms with Crippen molar-refractivity contribution >= 4 is 17.3 Å².